The van der Waals surface area contributed by atoms with Crippen LogP contribution in [-0.4, -0.2) is 25.9 Å². The average Bonchev–Trinajstić information content (AvgIpc) is 2.05. The Morgan fingerprint density at radius 2 is 2.10 bits per heavy atom. The van der Waals surface area contributed by atoms with Gasteiger partial charge in [-0.25, -0.2) is 4.39 Å². The van der Waals surface area contributed by atoms with Crippen molar-refractivity contribution in [1.29, 1.82) is 0 Å². The van der Waals surface area contributed by atoms with Gasteiger partial charge in [0.1, 0.15) is 6.17 Å². The van der Waals surface area contributed by atoms with Gasteiger partial charge in [-0.15, -0.1) is 0 Å². The fourth-order valence-electron chi connectivity index (χ4n) is 1.27. The highest BCUT2D eigenvalue weighted by Gasteiger charge is 2.21. The highest BCUT2D eigenvalue weighted by molar-refractivity contribution is 4.72. The molecule has 1 aliphatic heterocycles. The van der Waals surface area contributed by atoms with E-state index in [2.05, 4.69) is 0 Å². The number of ether oxygens (including phenoxy) is 1. The molecular weight excluding hydrogens is 133 g/mol. The van der Waals surface area contributed by atoms with Crippen molar-refractivity contribution in [2.24, 2.45) is 11.7 Å². The summed E-state index contributed by atoms with van der Waals surface area (Å²) in [5, 5.41) is 0. The largest absolute Gasteiger partial charge is 0.381 e. The van der Waals surface area contributed by atoms with Gasteiger partial charge in [-0.2, -0.15) is 0 Å². The Morgan fingerprint density at radius 3 is 2.60 bits per heavy atom. The first-order valence-corrected chi connectivity index (χ1v) is 3.76. The van der Waals surface area contributed by atoms with Gasteiger partial charge in [0.2, 0.25) is 0 Å². The summed E-state index contributed by atoms with van der Waals surface area (Å²) in [4.78, 5) is 0. The van der Waals surface area contributed by atoms with Gasteiger partial charge in [0, 0.05) is 19.8 Å². The molecule has 0 aromatic rings. The summed E-state index contributed by atoms with van der Waals surface area (Å²) >= 11 is 0. The van der Waals surface area contributed by atoms with Crippen LogP contribution < -0.4 is 5.73 Å². The number of alkyl halides is 1. The second-order valence-corrected chi connectivity index (χ2v) is 2.70. The highest BCUT2D eigenvalue weighted by Crippen LogP contribution is 2.19. The Kier molecular flexibility index (Phi) is 3.09. The molecule has 0 aliphatic carbocycles. The molecule has 2 N–H and O–H groups in total. The van der Waals surface area contributed by atoms with E-state index in [9.17, 15) is 4.39 Å². The van der Waals surface area contributed by atoms with Gasteiger partial charge in [-0.3, -0.25) is 0 Å². The monoisotopic (exact) mass is 147 g/mol. The molecule has 10 heavy (non-hydrogen) atoms. The van der Waals surface area contributed by atoms with Crippen LogP contribution in [0.25, 0.3) is 0 Å². The van der Waals surface area contributed by atoms with Gasteiger partial charge in [0.05, 0.1) is 0 Å². The molecule has 1 fully saturated rings. The smallest absolute Gasteiger partial charge is 0.115 e. The third kappa shape index (κ3) is 1.92. The fourth-order valence-corrected chi connectivity index (χ4v) is 1.27. The number of halogens is 1. The lowest BCUT2D eigenvalue weighted by atomic mass is 9.95. The molecule has 1 heterocycles. The molecule has 60 valence electrons. The van der Waals surface area contributed by atoms with Crippen LogP contribution in [0.2, 0.25) is 0 Å². The molecule has 0 saturated carbocycles. The Balaban J connectivity index is 2.24. The summed E-state index contributed by atoms with van der Waals surface area (Å²) in [5.41, 5.74) is 5.19. The van der Waals surface area contributed by atoms with Gasteiger partial charge in [0.25, 0.3) is 0 Å². The van der Waals surface area contributed by atoms with Crippen molar-refractivity contribution >= 4 is 0 Å². The van der Waals surface area contributed by atoms with E-state index in [-0.39, 0.29) is 12.5 Å². The summed E-state index contributed by atoms with van der Waals surface area (Å²) < 4.78 is 17.9. The van der Waals surface area contributed by atoms with Crippen molar-refractivity contribution in [2.45, 2.75) is 19.0 Å². The standard InChI is InChI=1S/C7H14FNO/c8-7(5-9)6-1-3-10-4-2-6/h6-7H,1-5,9H2/t7-/m0/s1. The number of rotatable bonds is 2. The van der Waals surface area contributed by atoms with E-state index >= 15 is 0 Å². The first-order valence-electron chi connectivity index (χ1n) is 3.76. The van der Waals surface area contributed by atoms with E-state index in [1.807, 2.05) is 0 Å². The zero-order chi connectivity index (χ0) is 7.40. The first kappa shape index (κ1) is 7.95. The van der Waals surface area contributed by atoms with Crippen molar-refractivity contribution in [3.05, 3.63) is 0 Å². The fraction of sp³-hybridized carbons (Fsp3) is 1.00. The lowest BCUT2D eigenvalue weighted by Crippen LogP contribution is -2.29. The zero-order valence-electron chi connectivity index (χ0n) is 6.05. The minimum atomic E-state index is -0.816. The van der Waals surface area contributed by atoms with Gasteiger partial charge in [-0.05, 0) is 18.8 Å². The highest BCUT2D eigenvalue weighted by atomic mass is 19.1. The van der Waals surface area contributed by atoms with Crippen molar-refractivity contribution in [2.75, 3.05) is 19.8 Å². The third-order valence-electron chi connectivity index (χ3n) is 2.00. The van der Waals surface area contributed by atoms with Crippen LogP contribution in [-0.2, 0) is 4.74 Å². The molecule has 0 aromatic carbocycles. The van der Waals surface area contributed by atoms with E-state index < -0.39 is 6.17 Å². The van der Waals surface area contributed by atoms with E-state index in [4.69, 9.17) is 10.5 Å². The Labute approximate surface area is 60.5 Å². The van der Waals surface area contributed by atoms with Gasteiger partial charge in [0.15, 0.2) is 0 Å². The Hall–Kier alpha value is -0.150. The van der Waals surface area contributed by atoms with Crippen LogP contribution in [0.3, 0.4) is 0 Å². The molecule has 0 spiro atoms. The molecule has 1 atom stereocenters. The van der Waals surface area contributed by atoms with Gasteiger partial charge in [-0.1, -0.05) is 0 Å². The van der Waals surface area contributed by atoms with Crippen molar-refractivity contribution in [3.8, 4) is 0 Å². The maximum Gasteiger partial charge on any atom is 0.115 e. The van der Waals surface area contributed by atoms with Crippen molar-refractivity contribution < 1.29 is 9.13 Å². The van der Waals surface area contributed by atoms with E-state index in [1.54, 1.807) is 0 Å². The summed E-state index contributed by atoms with van der Waals surface area (Å²) in [6, 6.07) is 0. The molecule has 0 unspecified atom stereocenters. The summed E-state index contributed by atoms with van der Waals surface area (Å²) in [6.45, 7) is 1.56. The topological polar surface area (TPSA) is 35.2 Å². The van der Waals surface area contributed by atoms with Crippen LogP contribution in [0.5, 0.6) is 0 Å². The molecular formula is C7H14FNO. The van der Waals surface area contributed by atoms with Gasteiger partial charge >= 0.3 is 0 Å². The van der Waals surface area contributed by atoms with E-state index in [0.717, 1.165) is 12.8 Å². The van der Waals surface area contributed by atoms with E-state index in [0.29, 0.717) is 13.2 Å². The molecule has 2 nitrogen and oxygen atoms in total. The predicted molar refractivity (Wildman–Crippen MR) is 37.5 cm³/mol. The second kappa shape index (κ2) is 3.88. The quantitative estimate of drug-likeness (QED) is 0.624. The molecule has 3 heteroatoms. The Bertz CT molecular complexity index is 93.6. The molecule has 0 bridgehead atoms. The summed E-state index contributed by atoms with van der Waals surface area (Å²) in [5.74, 6) is 0.152. The van der Waals surface area contributed by atoms with Gasteiger partial charge < -0.3 is 10.5 Å². The van der Waals surface area contributed by atoms with Crippen molar-refractivity contribution in [1.82, 2.24) is 0 Å². The maximum atomic E-state index is 12.8. The van der Waals surface area contributed by atoms with Crippen LogP contribution in [0, 0.1) is 5.92 Å². The number of nitrogens with two attached hydrogens (primary N) is 1. The summed E-state index contributed by atoms with van der Waals surface area (Å²) in [6.07, 6.45) is 0.848. The van der Waals surface area contributed by atoms with Crippen LogP contribution >= 0.6 is 0 Å². The van der Waals surface area contributed by atoms with Crippen molar-refractivity contribution in [3.63, 3.8) is 0 Å². The average molecular weight is 147 g/mol. The second-order valence-electron chi connectivity index (χ2n) is 2.70. The molecule has 0 radical (unpaired) electrons. The lowest BCUT2D eigenvalue weighted by molar-refractivity contribution is 0.0389. The molecule has 0 aromatic heterocycles. The predicted octanol–water partition coefficient (Wildman–Crippen LogP) is 0.710. The number of hydrogen-bond donors (Lipinski definition) is 1. The molecule has 1 rings (SSSR count). The minimum Gasteiger partial charge on any atom is -0.381 e. The SMILES string of the molecule is NC[C@H](F)C1CCOCC1. The lowest BCUT2D eigenvalue weighted by Gasteiger charge is -2.24. The normalized spacial score (nSPS) is 24.6. The Morgan fingerprint density at radius 1 is 1.50 bits per heavy atom. The zero-order valence-corrected chi connectivity index (χ0v) is 6.05. The maximum absolute atomic E-state index is 12.8. The molecule has 0 amide bonds. The minimum absolute atomic E-state index is 0.152. The van der Waals surface area contributed by atoms with Crippen LogP contribution in [0.1, 0.15) is 12.8 Å². The van der Waals surface area contributed by atoms with E-state index in [1.165, 1.54) is 0 Å². The third-order valence-corrected chi connectivity index (χ3v) is 2.00. The van der Waals surface area contributed by atoms with Crippen LogP contribution in [0.4, 0.5) is 4.39 Å². The molecule has 1 saturated heterocycles. The molecule has 1 aliphatic rings. The number of hydrogen-bond acceptors (Lipinski definition) is 2. The summed E-state index contributed by atoms with van der Waals surface area (Å²) in [7, 11) is 0. The first-order chi connectivity index (χ1) is 4.84. The van der Waals surface area contributed by atoms with Crippen LogP contribution in [0.15, 0.2) is 0 Å².